The normalized spacial score (nSPS) is 14.2. The molecule has 1 unspecified atom stereocenters. The van der Waals surface area contributed by atoms with E-state index in [1.807, 2.05) is 0 Å². The van der Waals surface area contributed by atoms with Gasteiger partial charge in [0.25, 0.3) is 5.91 Å². The third-order valence-electron chi connectivity index (χ3n) is 5.08. The number of alkyl halides is 2. The van der Waals surface area contributed by atoms with Gasteiger partial charge in [-0.25, -0.2) is 9.37 Å². The quantitative estimate of drug-likeness (QED) is 0.451. The number of rotatable bonds is 10. The number of nitrogens with zero attached hydrogens (tertiary/aromatic N) is 2. The van der Waals surface area contributed by atoms with Crippen LogP contribution in [0.2, 0.25) is 0 Å². The summed E-state index contributed by atoms with van der Waals surface area (Å²) >= 11 is 0. The summed E-state index contributed by atoms with van der Waals surface area (Å²) in [6.45, 7) is -0.957. The second-order valence-corrected chi connectivity index (χ2v) is 7.97. The van der Waals surface area contributed by atoms with Crippen molar-refractivity contribution in [3.05, 3.63) is 59.5 Å². The van der Waals surface area contributed by atoms with Crippen LogP contribution in [0, 0.1) is 11.7 Å². The Morgan fingerprint density at radius 3 is 2.71 bits per heavy atom. The highest BCUT2D eigenvalue weighted by Gasteiger charge is 2.26. The molecule has 3 N–H and O–H groups in total. The number of amides is 1. The van der Waals surface area contributed by atoms with E-state index in [1.54, 1.807) is 6.92 Å². The highest BCUT2D eigenvalue weighted by Crippen LogP contribution is 2.37. The first-order chi connectivity index (χ1) is 16.3. The van der Waals surface area contributed by atoms with E-state index in [0.29, 0.717) is 23.8 Å². The number of hydrogen-bond acceptors (Lipinski definition) is 7. The van der Waals surface area contributed by atoms with E-state index in [9.17, 15) is 18.0 Å². The summed E-state index contributed by atoms with van der Waals surface area (Å²) in [6.07, 6.45) is 3.09. The molecule has 4 rings (SSSR count). The van der Waals surface area contributed by atoms with Crippen LogP contribution in [-0.4, -0.2) is 29.1 Å². The van der Waals surface area contributed by atoms with Crippen LogP contribution in [0.4, 0.5) is 13.2 Å². The zero-order valence-corrected chi connectivity index (χ0v) is 18.3. The third kappa shape index (κ3) is 5.84. The van der Waals surface area contributed by atoms with Gasteiger partial charge < -0.3 is 24.9 Å². The molecule has 11 heteroatoms. The van der Waals surface area contributed by atoms with E-state index in [1.165, 1.54) is 30.3 Å². The molecule has 1 saturated carbocycles. The number of nitrogens with two attached hydrogens (primary N) is 1. The first-order valence-electron chi connectivity index (χ1n) is 10.7. The number of pyridine rings is 1. The third-order valence-corrected chi connectivity index (χ3v) is 5.08. The number of ether oxygens (including phenoxy) is 2. The first-order valence-corrected chi connectivity index (χ1v) is 10.7. The average Bonchev–Trinajstić information content (AvgIpc) is 3.52. The topological polar surface area (TPSA) is 113 Å². The molecule has 0 spiro atoms. The lowest BCUT2D eigenvalue weighted by Gasteiger charge is -2.12. The maximum absolute atomic E-state index is 13.0. The smallest absolute Gasteiger partial charge is 0.387 e. The van der Waals surface area contributed by atoms with Crippen molar-refractivity contribution >= 4 is 5.91 Å². The zero-order valence-electron chi connectivity index (χ0n) is 18.3. The van der Waals surface area contributed by atoms with E-state index >= 15 is 0 Å². The predicted molar refractivity (Wildman–Crippen MR) is 115 cm³/mol. The van der Waals surface area contributed by atoms with Crippen molar-refractivity contribution < 1.29 is 31.9 Å². The molecule has 0 aliphatic heterocycles. The Morgan fingerprint density at radius 2 is 2.06 bits per heavy atom. The van der Waals surface area contributed by atoms with Crippen LogP contribution in [0.1, 0.15) is 47.7 Å². The van der Waals surface area contributed by atoms with E-state index in [0.717, 1.165) is 19.0 Å². The van der Waals surface area contributed by atoms with Crippen LogP contribution in [0.25, 0.3) is 11.5 Å². The molecular weight excluding hydrogens is 453 g/mol. The van der Waals surface area contributed by atoms with Crippen molar-refractivity contribution in [3.8, 4) is 23.0 Å². The molecule has 8 nitrogen and oxygen atoms in total. The Labute approximate surface area is 193 Å². The fraction of sp³-hybridized carbons (Fsp3) is 0.348. The average molecular weight is 476 g/mol. The van der Waals surface area contributed by atoms with Crippen LogP contribution in [0.3, 0.4) is 0 Å². The molecule has 1 fully saturated rings. The van der Waals surface area contributed by atoms with Crippen LogP contribution in [-0.2, 0) is 6.54 Å². The van der Waals surface area contributed by atoms with E-state index in [2.05, 4.69) is 20.0 Å². The largest absolute Gasteiger partial charge is 0.489 e. The highest BCUT2D eigenvalue weighted by molar-refractivity contribution is 5.93. The second kappa shape index (κ2) is 10.1. The summed E-state index contributed by atoms with van der Waals surface area (Å²) in [4.78, 5) is 20.9. The standard InChI is InChI=1S/C23H23F3N4O4/c1-12(27)20-19(21(31)29-10-16-6-5-15(24)9-28-16)30-22(34-20)14-4-7-17(33-23(25)26)18(8-14)32-11-13-2-3-13/h4-9,12-13,23H,2-3,10-11,27H2,1H3,(H,29,31). The molecule has 3 aromatic rings. The number of carbonyl (C=O) groups excluding carboxylic acids is 1. The Hall–Kier alpha value is -3.60. The number of halogens is 3. The molecule has 1 atom stereocenters. The van der Waals surface area contributed by atoms with Crippen molar-refractivity contribution in [3.63, 3.8) is 0 Å². The first kappa shape index (κ1) is 23.6. The molecule has 0 radical (unpaired) electrons. The van der Waals surface area contributed by atoms with Gasteiger partial charge in [0.2, 0.25) is 5.89 Å². The minimum absolute atomic E-state index is 0.0273. The van der Waals surface area contributed by atoms with Gasteiger partial charge in [0.05, 0.1) is 31.1 Å². The number of aromatic nitrogens is 2. The Bertz CT molecular complexity index is 1150. The minimum Gasteiger partial charge on any atom is -0.489 e. The van der Waals surface area contributed by atoms with Crippen molar-refractivity contribution in [2.45, 2.75) is 39.0 Å². The molecule has 2 aromatic heterocycles. The Kier molecular flexibility index (Phi) is 7.01. The fourth-order valence-electron chi connectivity index (χ4n) is 3.13. The molecular formula is C23H23F3N4O4. The van der Waals surface area contributed by atoms with Gasteiger partial charge in [-0.2, -0.15) is 8.78 Å². The van der Waals surface area contributed by atoms with Gasteiger partial charge in [-0.05, 0) is 56.0 Å². The molecule has 1 aliphatic rings. The molecule has 0 saturated heterocycles. The van der Waals surface area contributed by atoms with Crippen LogP contribution < -0.4 is 20.5 Å². The van der Waals surface area contributed by atoms with Crippen molar-refractivity contribution in [1.82, 2.24) is 15.3 Å². The van der Waals surface area contributed by atoms with Gasteiger partial charge in [0.15, 0.2) is 23.0 Å². The van der Waals surface area contributed by atoms with Gasteiger partial charge in [-0.1, -0.05) is 0 Å². The fourth-order valence-corrected chi connectivity index (χ4v) is 3.13. The molecule has 2 heterocycles. The lowest BCUT2D eigenvalue weighted by Crippen LogP contribution is -2.25. The van der Waals surface area contributed by atoms with Crippen LogP contribution in [0.15, 0.2) is 40.9 Å². The van der Waals surface area contributed by atoms with E-state index in [-0.39, 0.29) is 35.4 Å². The molecule has 34 heavy (non-hydrogen) atoms. The monoisotopic (exact) mass is 476 g/mol. The highest BCUT2D eigenvalue weighted by atomic mass is 19.3. The number of nitrogens with one attached hydrogen (secondary N) is 1. The molecule has 0 bridgehead atoms. The van der Waals surface area contributed by atoms with Gasteiger partial charge in [-0.15, -0.1) is 0 Å². The SMILES string of the molecule is CC(N)c1oc(-c2ccc(OC(F)F)c(OCC3CC3)c2)nc1C(=O)NCc1ccc(F)cn1. The van der Waals surface area contributed by atoms with Gasteiger partial charge in [0.1, 0.15) is 5.82 Å². The molecule has 1 amide bonds. The lowest BCUT2D eigenvalue weighted by molar-refractivity contribution is -0.0515. The van der Waals surface area contributed by atoms with E-state index < -0.39 is 24.4 Å². The predicted octanol–water partition coefficient (Wildman–Crippen LogP) is 4.22. The van der Waals surface area contributed by atoms with Gasteiger partial charge in [-0.3, -0.25) is 9.78 Å². The van der Waals surface area contributed by atoms with Gasteiger partial charge >= 0.3 is 6.61 Å². The maximum Gasteiger partial charge on any atom is 0.387 e. The summed E-state index contributed by atoms with van der Waals surface area (Å²) in [7, 11) is 0. The molecule has 1 aliphatic carbocycles. The summed E-state index contributed by atoms with van der Waals surface area (Å²) in [6, 6.07) is 6.31. The van der Waals surface area contributed by atoms with Crippen molar-refractivity contribution in [2.24, 2.45) is 11.7 Å². The lowest BCUT2D eigenvalue weighted by atomic mass is 10.2. The van der Waals surface area contributed by atoms with E-state index in [4.69, 9.17) is 14.9 Å². The number of oxazole rings is 1. The Balaban J connectivity index is 1.57. The summed E-state index contributed by atoms with van der Waals surface area (Å²) in [5.41, 5.74) is 6.79. The summed E-state index contributed by atoms with van der Waals surface area (Å²) in [5, 5.41) is 2.65. The van der Waals surface area contributed by atoms with Crippen molar-refractivity contribution in [1.29, 1.82) is 0 Å². The molecule has 180 valence electrons. The summed E-state index contributed by atoms with van der Waals surface area (Å²) in [5.74, 6) is -0.426. The minimum atomic E-state index is -3.01. The number of benzene rings is 1. The second-order valence-electron chi connectivity index (χ2n) is 7.97. The number of hydrogen-bond donors (Lipinski definition) is 2. The summed E-state index contributed by atoms with van der Waals surface area (Å²) < 4.78 is 54.6. The van der Waals surface area contributed by atoms with Crippen molar-refractivity contribution in [2.75, 3.05) is 6.61 Å². The molecule has 1 aromatic carbocycles. The van der Waals surface area contributed by atoms with Gasteiger partial charge in [0, 0.05) is 5.56 Å². The van der Waals surface area contributed by atoms with Crippen LogP contribution in [0.5, 0.6) is 11.5 Å². The maximum atomic E-state index is 13.0. The van der Waals surface area contributed by atoms with Crippen LogP contribution >= 0.6 is 0 Å². The Morgan fingerprint density at radius 1 is 1.26 bits per heavy atom. The number of carbonyl (C=O) groups is 1. The zero-order chi connectivity index (χ0) is 24.2.